The molecule has 1 saturated heterocycles. The van der Waals surface area contributed by atoms with Crippen LogP contribution in [0.3, 0.4) is 0 Å². The zero-order valence-corrected chi connectivity index (χ0v) is 16.4. The molecule has 1 aliphatic heterocycles. The number of benzene rings is 2. The second kappa shape index (κ2) is 7.87. The van der Waals surface area contributed by atoms with Crippen LogP contribution in [0.2, 0.25) is 10.0 Å². The van der Waals surface area contributed by atoms with E-state index in [9.17, 15) is 9.90 Å². The standard InChI is InChI=1S/C20H22Cl2N2O2/c1-12-7-14(11-25)8-13(2)19(12)23-20(26)15-5-6-24(10-15)18-9-16(21)3-4-17(18)22/h3-4,7-9,15,25H,5-6,10-11H2,1-2H3,(H,23,26)/t15-/m1/s1. The summed E-state index contributed by atoms with van der Waals surface area (Å²) in [5.41, 5.74) is 4.45. The monoisotopic (exact) mass is 392 g/mol. The van der Waals surface area contributed by atoms with Crippen molar-refractivity contribution in [3.05, 3.63) is 57.1 Å². The summed E-state index contributed by atoms with van der Waals surface area (Å²) in [5.74, 6) is -0.102. The molecule has 6 heteroatoms. The number of aryl methyl sites for hydroxylation is 2. The normalized spacial score (nSPS) is 16.8. The number of rotatable bonds is 4. The molecule has 2 aromatic rings. The van der Waals surface area contributed by atoms with Gasteiger partial charge in [0.15, 0.2) is 0 Å². The molecule has 0 spiro atoms. The van der Waals surface area contributed by atoms with E-state index in [0.717, 1.165) is 41.0 Å². The zero-order chi connectivity index (χ0) is 18.8. The first-order valence-electron chi connectivity index (χ1n) is 8.61. The van der Waals surface area contributed by atoms with Crippen LogP contribution in [0.15, 0.2) is 30.3 Å². The Morgan fingerprint density at radius 1 is 1.23 bits per heavy atom. The summed E-state index contributed by atoms with van der Waals surface area (Å²) >= 11 is 12.4. The van der Waals surface area contributed by atoms with E-state index in [-0.39, 0.29) is 18.4 Å². The molecule has 1 atom stereocenters. The fraction of sp³-hybridized carbons (Fsp3) is 0.350. The van der Waals surface area contributed by atoms with E-state index < -0.39 is 0 Å². The maximum atomic E-state index is 12.8. The van der Waals surface area contributed by atoms with Crippen LogP contribution in [0.4, 0.5) is 11.4 Å². The highest BCUT2D eigenvalue weighted by Crippen LogP contribution is 2.33. The van der Waals surface area contributed by atoms with Crippen molar-refractivity contribution < 1.29 is 9.90 Å². The van der Waals surface area contributed by atoms with Crippen LogP contribution >= 0.6 is 23.2 Å². The molecule has 0 aliphatic carbocycles. The number of nitrogens with zero attached hydrogens (tertiary/aromatic N) is 1. The van der Waals surface area contributed by atoms with Crippen molar-refractivity contribution in [3.63, 3.8) is 0 Å². The third-order valence-corrected chi connectivity index (χ3v) is 5.39. The highest BCUT2D eigenvalue weighted by Gasteiger charge is 2.30. The molecule has 1 aliphatic rings. The van der Waals surface area contributed by atoms with Crippen LogP contribution in [0.25, 0.3) is 0 Å². The number of amides is 1. The van der Waals surface area contributed by atoms with E-state index in [0.29, 0.717) is 16.6 Å². The molecule has 26 heavy (non-hydrogen) atoms. The number of aliphatic hydroxyl groups is 1. The molecule has 0 radical (unpaired) electrons. The van der Waals surface area contributed by atoms with Crippen molar-refractivity contribution >= 4 is 40.5 Å². The van der Waals surface area contributed by atoms with E-state index in [1.54, 1.807) is 12.1 Å². The number of nitrogens with one attached hydrogen (secondary N) is 1. The van der Waals surface area contributed by atoms with Gasteiger partial charge in [-0.3, -0.25) is 4.79 Å². The number of halogens is 2. The lowest BCUT2D eigenvalue weighted by molar-refractivity contribution is -0.119. The van der Waals surface area contributed by atoms with Crippen LogP contribution in [0, 0.1) is 19.8 Å². The molecule has 1 heterocycles. The molecule has 0 saturated carbocycles. The van der Waals surface area contributed by atoms with E-state index in [1.807, 2.05) is 32.0 Å². The van der Waals surface area contributed by atoms with Gasteiger partial charge in [0.05, 0.1) is 23.2 Å². The molecule has 0 bridgehead atoms. The minimum Gasteiger partial charge on any atom is -0.392 e. The Morgan fingerprint density at radius 2 is 1.92 bits per heavy atom. The average molecular weight is 393 g/mol. The minimum absolute atomic E-state index is 0.00607. The lowest BCUT2D eigenvalue weighted by Gasteiger charge is -2.20. The van der Waals surface area contributed by atoms with Crippen LogP contribution in [-0.4, -0.2) is 24.1 Å². The first-order chi connectivity index (χ1) is 12.4. The third-order valence-electron chi connectivity index (χ3n) is 4.83. The number of carbonyl (C=O) groups excluding carboxylic acids is 1. The summed E-state index contributed by atoms with van der Waals surface area (Å²) in [5, 5.41) is 13.6. The summed E-state index contributed by atoms with van der Waals surface area (Å²) in [6.45, 7) is 5.25. The predicted octanol–water partition coefficient (Wildman–Crippen LogP) is 4.57. The van der Waals surface area contributed by atoms with Gasteiger partial charge >= 0.3 is 0 Å². The van der Waals surface area contributed by atoms with Gasteiger partial charge in [0.1, 0.15) is 0 Å². The summed E-state index contributed by atoms with van der Waals surface area (Å²) in [7, 11) is 0. The number of hydrogen-bond acceptors (Lipinski definition) is 3. The van der Waals surface area contributed by atoms with Gasteiger partial charge in [-0.25, -0.2) is 0 Å². The number of hydrogen-bond donors (Lipinski definition) is 2. The molecule has 0 aromatic heterocycles. The summed E-state index contributed by atoms with van der Waals surface area (Å²) < 4.78 is 0. The lowest BCUT2D eigenvalue weighted by atomic mass is 10.0. The fourth-order valence-corrected chi connectivity index (χ4v) is 3.89. The van der Waals surface area contributed by atoms with Gasteiger partial charge in [0.2, 0.25) is 5.91 Å². The van der Waals surface area contributed by atoms with Gasteiger partial charge in [0, 0.05) is 23.8 Å². The van der Waals surface area contributed by atoms with Crippen LogP contribution in [-0.2, 0) is 11.4 Å². The van der Waals surface area contributed by atoms with Gasteiger partial charge in [-0.15, -0.1) is 0 Å². The van der Waals surface area contributed by atoms with Gasteiger partial charge < -0.3 is 15.3 Å². The Labute approximate surface area is 163 Å². The van der Waals surface area contributed by atoms with Gasteiger partial charge in [-0.2, -0.15) is 0 Å². The van der Waals surface area contributed by atoms with E-state index in [1.165, 1.54) is 0 Å². The van der Waals surface area contributed by atoms with Crippen molar-refractivity contribution in [3.8, 4) is 0 Å². The number of anilines is 2. The average Bonchev–Trinajstić information content (AvgIpc) is 3.09. The number of carbonyl (C=O) groups is 1. The minimum atomic E-state index is -0.110. The SMILES string of the molecule is Cc1cc(CO)cc(C)c1NC(=O)[C@@H]1CCN(c2cc(Cl)ccc2Cl)C1. The maximum absolute atomic E-state index is 12.8. The van der Waals surface area contributed by atoms with Crippen molar-refractivity contribution in [1.82, 2.24) is 0 Å². The van der Waals surface area contributed by atoms with Crippen LogP contribution in [0.1, 0.15) is 23.1 Å². The van der Waals surface area contributed by atoms with Crippen molar-refractivity contribution in [1.29, 1.82) is 0 Å². The van der Waals surface area contributed by atoms with Gasteiger partial charge in [-0.1, -0.05) is 35.3 Å². The highest BCUT2D eigenvalue weighted by molar-refractivity contribution is 6.35. The summed E-state index contributed by atoms with van der Waals surface area (Å²) in [4.78, 5) is 14.9. The quantitative estimate of drug-likeness (QED) is 0.800. The highest BCUT2D eigenvalue weighted by atomic mass is 35.5. The smallest absolute Gasteiger partial charge is 0.229 e. The van der Waals surface area contributed by atoms with E-state index in [2.05, 4.69) is 10.2 Å². The molecule has 138 valence electrons. The van der Waals surface area contributed by atoms with Crippen molar-refractivity contribution in [2.24, 2.45) is 5.92 Å². The summed E-state index contributed by atoms with van der Waals surface area (Å²) in [6.07, 6.45) is 0.765. The second-order valence-corrected chi connectivity index (χ2v) is 7.62. The second-order valence-electron chi connectivity index (χ2n) is 6.78. The molecular weight excluding hydrogens is 371 g/mol. The predicted molar refractivity (Wildman–Crippen MR) is 107 cm³/mol. The van der Waals surface area contributed by atoms with Crippen LogP contribution in [0.5, 0.6) is 0 Å². The Bertz CT molecular complexity index is 816. The van der Waals surface area contributed by atoms with E-state index in [4.69, 9.17) is 23.2 Å². The molecule has 1 amide bonds. The zero-order valence-electron chi connectivity index (χ0n) is 14.9. The van der Waals surface area contributed by atoms with E-state index >= 15 is 0 Å². The summed E-state index contributed by atoms with van der Waals surface area (Å²) in [6, 6.07) is 9.17. The van der Waals surface area contributed by atoms with Gasteiger partial charge in [-0.05, 0) is 55.2 Å². The molecule has 0 unspecified atom stereocenters. The Kier molecular flexibility index (Phi) is 5.76. The third kappa shape index (κ3) is 3.98. The Balaban J connectivity index is 1.72. The number of aliphatic hydroxyl groups excluding tert-OH is 1. The Hall–Kier alpha value is -1.75. The first kappa shape index (κ1) is 19.0. The molecular formula is C20H22Cl2N2O2. The molecule has 2 N–H and O–H groups in total. The Morgan fingerprint density at radius 3 is 2.58 bits per heavy atom. The maximum Gasteiger partial charge on any atom is 0.229 e. The fourth-order valence-electron chi connectivity index (χ4n) is 3.49. The first-order valence-corrected chi connectivity index (χ1v) is 9.36. The molecule has 4 nitrogen and oxygen atoms in total. The molecule has 2 aromatic carbocycles. The molecule has 1 fully saturated rings. The van der Waals surface area contributed by atoms with Gasteiger partial charge in [0.25, 0.3) is 0 Å². The molecule has 3 rings (SSSR count). The van der Waals surface area contributed by atoms with Crippen molar-refractivity contribution in [2.75, 3.05) is 23.3 Å². The van der Waals surface area contributed by atoms with Crippen molar-refractivity contribution in [2.45, 2.75) is 26.9 Å². The van der Waals surface area contributed by atoms with Crippen LogP contribution < -0.4 is 10.2 Å². The topological polar surface area (TPSA) is 52.6 Å². The largest absolute Gasteiger partial charge is 0.392 e. The lowest BCUT2D eigenvalue weighted by Crippen LogP contribution is -2.27.